The van der Waals surface area contributed by atoms with Gasteiger partial charge in [0.15, 0.2) is 11.5 Å². The van der Waals surface area contributed by atoms with Crippen LogP contribution in [-0.2, 0) is 19.7 Å². The molecule has 0 aliphatic rings. The van der Waals surface area contributed by atoms with Crippen LogP contribution in [0.2, 0.25) is 10.0 Å². The van der Waals surface area contributed by atoms with Gasteiger partial charge in [-0.1, -0.05) is 29.3 Å². The molecule has 0 radical (unpaired) electrons. The van der Waals surface area contributed by atoms with Gasteiger partial charge in [0.25, 0.3) is 0 Å². The second-order valence-corrected chi connectivity index (χ2v) is 8.39. The fourth-order valence-corrected chi connectivity index (χ4v) is 4.02. The predicted molar refractivity (Wildman–Crippen MR) is 132 cm³/mol. The molecule has 168 valence electrons. The van der Waals surface area contributed by atoms with E-state index in [-0.39, 0.29) is 12.4 Å². The van der Waals surface area contributed by atoms with Crippen LogP contribution in [0.1, 0.15) is 24.5 Å². The number of imidazole rings is 1. The van der Waals surface area contributed by atoms with Crippen LogP contribution in [0, 0.1) is 0 Å². The molecule has 0 aliphatic carbocycles. The lowest BCUT2D eigenvalue weighted by Gasteiger charge is -2.16. The summed E-state index contributed by atoms with van der Waals surface area (Å²) in [6.45, 7) is 5.42. The quantitative estimate of drug-likeness (QED) is 0.276. The number of nitrogens with one attached hydrogen (secondary N) is 1. The highest BCUT2D eigenvalue weighted by Crippen LogP contribution is 2.38. The van der Waals surface area contributed by atoms with Gasteiger partial charge in [-0.15, -0.1) is 12.4 Å². The fourth-order valence-electron chi connectivity index (χ4n) is 2.95. The lowest BCUT2D eigenvalue weighted by atomic mass is 10.2. The number of benzene rings is 2. The van der Waals surface area contributed by atoms with Crippen molar-refractivity contribution in [1.82, 2.24) is 14.9 Å². The summed E-state index contributed by atoms with van der Waals surface area (Å²) in [5.41, 5.74) is 1.98. The Bertz CT molecular complexity index is 955. The molecule has 0 atom stereocenters. The van der Waals surface area contributed by atoms with Gasteiger partial charge in [0, 0.05) is 41.1 Å². The molecule has 1 aromatic heterocycles. The van der Waals surface area contributed by atoms with Crippen LogP contribution in [0.3, 0.4) is 0 Å². The van der Waals surface area contributed by atoms with Crippen molar-refractivity contribution in [3.05, 3.63) is 74.7 Å². The normalized spacial score (nSPS) is 10.6. The van der Waals surface area contributed by atoms with Gasteiger partial charge in [-0.25, -0.2) is 4.98 Å². The summed E-state index contributed by atoms with van der Waals surface area (Å²) in [7, 11) is 0. The Morgan fingerprint density at radius 2 is 2.00 bits per heavy atom. The van der Waals surface area contributed by atoms with E-state index in [2.05, 4.69) is 30.8 Å². The number of aromatic nitrogens is 2. The van der Waals surface area contributed by atoms with Crippen molar-refractivity contribution in [3.8, 4) is 11.5 Å². The monoisotopic (exact) mass is 547 g/mol. The Kier molecular flexibility index (Phi) is 11.0. The summed E-state index contributed by atoms with van der Waals surface area (Å²) >= 11 is 15.8. The fraction of sp³-hybridized carbons (Fsp3) is 0.318. The van der Waals surface area contributed by atoms with Gasteiger partial charge in [-0.05, 0) is 65.6 Å². The minimum Gasteiger partial charge on any atom is -0.490 e. The van der Waals surface area contributed by atoms with Crippen LogP contribution in [0.5, 0.6) is 11.5 Å². The number of aryl methyl sites for hydroxylation is 1. The van der Waals surface area contributed by atoms with E-state index in [1.165, 1.54) is 0 Å². The zero-order valence-corrected chi connectivity index (χ0v) is 21.0. The number of rotatable bonds is 11. The van der Waals surface area contributed by atoms with Crippen LogP contribution in [-0.4, -0.2) is 22.7 Å². The summed E-state index contributed by atoms with van der Waals surface area (Å²) in [4.78, 5) is 4.06. The van der Waals surface area contributed by atoms with Crippen molar-refractivity contribution in [1.29, 1.82) is 0 Å². The second kappa shape index (κ2) is 13.2. The first-order valence-electron chi connectivity index (χ1n) is 9.75. The van der Waals surface area contributed by atoms with Gasteiger partial charge in [0.1, 0.15) is 6.61 Å². The minimum absolute atomic E-state index is 0. The van der Waals surface area contributed by atoms with Gasteiger partial charge in [0.2, 0.25) is 0 Å². The van der Waals surface area contributed by atoms with E-state index in [4.69, 9.17) is 32.7 Å². The molecule has 0 bridgehead atoms. The molecule has 0 saturated heterocycles. The summed E-state index contributed by atoms with van der Waals surface area (Å²) in [5.74, 6) is 1.36. The number of hydrogen-bond donors (Lipinski definition) is 1. The van der Waals surface area contributed by atoms with Gasteiger partial charge < -0.3 is 19.4 Å². The van der Waals surface area contributed by atoms with E-state index in [0.717, 1.165) is 41.7 Å². The maximum Gasteiger partial charge on any atom is 0.175 e. The molecule has 1 N–H and O–H groups in total. The Morgan fingerprint density at radius 1 is 1.16 bits per heavy atom. The lowest BCUT2D eigenvalue weighted by Crippen LogP contribution is -2.16. The predicted octanol–water partition coefficient (Wildman–Crippen LogP) is 6.53. The highest BCUT2D eigenvalue weighted by atomic mass is 79.9. The number of nitrogens with zero attached hydrogens (tertiary/aromatic N) is 2. The maximum absolute atomic E-state index is 6.26. The van der Waals surface area contributed by atoms with Crippen molar-refractivity contribution in [2.24, 2.45) is 0 Å². The average Bonchev–Trinajstić information content (AvgIpc) is 3.22. The molecule has 0 fully saturated rings. The smallest absolute Gasteiger partial charge is 0.175 e. The van der Waals surface area contributed by atoms with Crippen molar-refractivity contribution in [2.75, 3.05) is 13.2 Å². The van der Waals surface area contributed by atoms with Gasteiger partial charge in [-0.2, -0.15) is 0 Å². The molecule has 3 aromatic rings. The third kappa shape index (κ3) is 7.88. The molecule has 0 aliphatic heterocycles. The van der Waals surface area contributed by atoms with E-state index in [9.17, 15) is 0 Å². The van der Waals surface area contributed by atoms with Gasteiger partial charge in [0.05, 0.1) is 17.4 Å². The third-order valence-electron chi connectivity index (χ3n) is 4.41. The molecular weight excluding hydrogens is 525 g/mol. The van der Waals surface area contributed by atoms with Gasteiger partial charge in [-0.3, -0.25) is 0 Å². The maximum atomic E-state index is 6.26. The Labute approximate surface area is 207 Å². The molecule has 0 amide bonds. The van der Waals surface area contributed by atoms with E-state index in [1.807, 2.05) is 37.6 Å². The van der Waals surface area contributed by atoms with Crippen LogP contribution >= 0.6 is 51.5 Å². The third-order valence-corrected chi connectivity index (χ3v) is 5.59. The van der Waals surface area contributed by atoms with E-state index < -0.39 is 0 Å². The second-order valence-electron chi connectivity index (χ2n) is 6.69. The van der Waals surface area contributed by atoms with Gasteiger partial charge >= 0.3 is 0 Å². The zero-order chi connectivity index (χ0) is 21.3. The number of hydrogen-bond acceptors (Lipinski definition) is 4. The van der Waals surface area contributed by atoms with E-state index in [0.29, 0.717) is 34.8 Å². The Morgan fingerprint density at radius 3 is 2.71 bits per heavy atom. The van der Waals surface area contributed by atoms with Crippen molar-refractivity contribution < 1.29 is 9.47 Å². The number of halogens is 4. The first-order chi connectivity index (χ1) is 14.6. The largest absolute Gasteiger partial charge is 0.490 e. The molecule has 5 nitrogen and oxygen atoms in total. The summed E-state index contributed by atoms with van der Waals surface area (Å²) in [6.07, 6.45) is 6.63. The molecule has 9 heteroatoms. The van der Waals surface area contributed by atoms with Crippen LogP contribution in [0.25, 0.3) is 0 Å². The Balaban J connectivity index is 0.00000341. The summed E-state index contributed by atoms with van der Waals surface area (Å²) < 4.78 is 14.8. The molecule has 31 heavy (non-hydrogen) atoms. The molecular formula is C22H25BrCl3N3O2. The Hall–Kier alpha value is -1.44. The topological polar surface area (TPSA) is 48.3 Å². The van der Waals surface area contributed by atoms with Crippen LogP contribution in [0.15, 0.2) is 53.5 Å². The minimum atomic E-state index is 0. The van der Waals surface area contributed by atoms with Crippen molar-refractivity contribution in [3.63, 3.8) is 0 Å². The van der Waals surface area contributed by atoms with E-state index in [1.54, 1.807) is 18.3 Å². The molecule has 3 rings (SSSR count). The molecule has 1 heterocycles. The SMILES string of the molecule is CCOc1cc(CNCCCn2ccnc2)cc(Br)c1OCc1ccc(Cl)cc1Cl.Cl. The lowest BCUT2D eigenvalue weighted by molar-refractivity contribution is 0.267. The first kappa shape index (κ1) is 25.8. The highest BCUT2D eigenvalue weighted by Gasteiger charge is 2.13. The van der Waals surface area contributed by atoms with Crippen molar-refractivity contribution >= 4 is 51.5 Å². The van der Waals surface area contributed by atoms with Crippen molar-refractivity contribution in [2.45, 2.75) is 33.0 Å². The number of ether oxygens (including phenoxy) is 2. The molecule has 0 saturated carbocycles. The van der Waals surface area contributed by atoms with Crippen LogP contribution in [0.4, 0.5) is 0 Å². The molecule has 2 aromatic carbocycles. The highest BCUT2D eigenvalue weighted by molar-refractivity contribution is 9.10. The van der Waals surface area contributed by atoms with E-state index >= 15 is 0 Å². The standard InChI is InChI=1S/C22H24BrCl2N3O2.ClH/c1-2-29-21-11-16(13-26-6-3-8-28-9-7-27-15-28)10-19(23)22(21)30-14-17-4-5-18(24)12-20(17)25;/h4-5,7,9-12,15,26H,2-3,6,8,13-14H2,1H3;1H. The first-order valence-corrected chi connectivity index (χ1v) is 11.3. The zero-order valence-electron chi connectivity index (χ0n) is 17.1. The average molecular weight is 550 g/mol. The van der Waals surface area contributed by atoms with Crippen LogP contribution < -0.4 is 14.8 Å². The summed E-state index contributed by atoms with van der Waals surface area (Å²) in [6, 6.07) is 9.43. The molecule has 0 unspecified atom stereocenters. The summed E-state index contributed by atoms with van der Waals surface area (Å²) in [5, 5.41) is 4.65. The molecule has 0 spiro atoms.